The minimum Gasteiger partial charge on any atom is -0.461 e. The molecule has 1 aliphatic heterocycles. The van der Waals surface area contributed by atoms with Crippen molar-refractivity contribution >= 4 is 11.0 Å². The van der Waals surface area contributed by atoms with E-state index < -0.39 is 0 Å². The molecule has 0 bridgehead atoms. The molecule has 0 amide bonds. The van der Waals surface area contributed by atoms with Gasteiger partial charge in [0.1, 0.15) is 11.3 Å². The fraction of sp³-hybridized carbons (Fsp3) is 0.556. The number of hydrogen-bond donors (Lipinski definition) is 1. The number of likely N-dealkylation sites (tertiary alicyclic amines) is 1. The summed E-state index contributed by atoms with van der Waals surface area (Å²) in [4.78, 5) is 2.58. The Bertz CT molecular complexity index is 590. The van der Waals surface area contributed by atoms with Crippen LogP contribution < -0.4 is 5.32 Å². The van der Waals surface area contributed by atoms with Gasteiger partial charge >= 0.3 is 0 Å². The van der Waals surface area contributed by atoms with E-state index >= 15 is 0 Å². The maximum Gasteiger partial charge on any atom is 0.134 e. The van der Waals surface area contributed by atoms with Crippen molar-refractivity contribution in [3.05, 3.63) is 35.6 Å². The molecule has 21 heavy (non-hydrogen) atoms. The van der Waals surface area contributed by atoms with Crippen molar-refractivity contribution in [2.45, 2.75) is 45.7 Å². The van der Waals surface area contributed by atoms with Gasteiger partial charge in [-0.2, -0.15) is 0 Å². The Balaban J connectivity index is 1.67. The van der Waals surface area contributed by atoms with E-state index in [2.05, 4.69) is 42.3 Å². The lowest BCUT2D eigenvalue weighted by molar-refractivity contribution is 0.260. The van der Waals surface area contributed by atoms with Crippen molar-refractivity contribution < 1.29 is 4.42 Å². The van der Waals surface area contributed by atoms with E-state index in [0.717, 1.165) is 30.9 Å². The highest BCUT2D eigenvalue weighted by Crippen LogP contribution is 2.26. The van der Waals surface area contributed by atoms with Crippen molar-refractivity contribution in [1.29, 1.82) is 0 Å². The first-order chi connectivity index (χ1) is 10.3. The third-order valence-electron chi connectivity index (χ3n) is 4.69. The fourth-order valence-electron chi connectivity index (χ4n) is 3.54. The first-order valence-electron chi connectivity index (χ1n) is 8.27. The van der Waals surface area contributed by atoms with Gasteiger partial charge in [0, 0.05) is 36.5 Å². The molecule has 2 heterocycles. The quantitative estimate of drug-likeness (QED) is 0.880. The molecular formula is C18H26N2O. The molecule has 0 radical (unpaired) electrons. The van der Waals surface area contributed by atoms with Crippen molar-refractivity contribution in [1.82, 2.24) is 10.2 Å². The van der Waals surface area contributed by atoms with Gasteiger partial charge in [0.15, 0.2) is 0 Å². The van der Waals surface area contributed by atoms with Crippen molar-refractivity contribution in [2.75, 3.05) is 19.6 Å². The Kier molecular flexibility index (Phi) is 4.61. The molecule has 3 nitrogen and oxygen atoms in total. The maximum atomic E-state index is 5.96. The first kappa shape index (κ1) is 14.6. The molecule has 3 heteroatoms. The van der Waals surface area contributed by atoms with Crippen molar-refractivity contribution in [2.24, 2.45) is 0 Å². The Labute approximate surface area is 127 Å². The number of hydrogen-bond acceptors (Lipinski definition) is 3. The van der Waals surface area contributed by atoms with E-state index in [9.17, 15) is 0 Å². The zero-order valence-corrected chi connectivity index (χ0v) is 13.2. The summed E-state index contributed by atoms with van der Waals surface area (Å²) in [7, 11) is 0. The number of nitrogens with one attached hydrogen (secondary N) is 1. The van der Waals surface area contributed by atoms with Gasteiger partial charge in [-0.3, -0.25) is 4.90 Å². The van der Waals surface area contributed by atoms with E-state index in [1.54, 1.807) is 0 Å². The summed E-state index contributed by atoms with van der Waals surface area (Å²) in [5.41, 5.74) is 2.36. The zero-order chi connectivity index (χ0) is 14.7. The highest BCUT2D eigenvalue weighted by atomic mass is 16.3. The van der Waals surface area contributed by atoms with Crippen LogP contribution in [0.5, 0.6) is 0 Å². The van der Waals surface area contributed by atoms with Crippen LogP contribution in [-0.2, 0) is 13.0 Å². The number of benzene rings is 1. The molecule has 1 atom stereocenters. The molecule has 114 valence electrons. The molecule has 1 saturated heterocycles. The van der Waals surface area contributed by atoms with Crippen LogP contribution in [0.1, 0.15) is 38.0 Å². The van der Waals surface area contributed by atoms with E-state index in [1.165, 1.54) is 36.9 Å². The number of furan rings is 1. The van der Waals surface area contributed by atoms with E-state index in [-0.39, 0.29) is 0 Å². The van der Waals surface area contributed by atoms with E-state index in [1.807, 2.05) is 6.07 Å². The predicted molar refractivity (Wildman–Crippen MR) is 87.6 cm³/mol. The van der Waals surface area contributed by atoms with Gasteiger partial charge < -0.3 is 9.73 Å². The summed E-state index contributed by atoms with van der Waals surface area (Å²) < 4.78 is 5.96. The van der Waals surface area contributed by atoms with Gasteiger partial charge in [-0.05, 0) is 32.0 Å². The summed E-state index contributed by atoms with van der Waals surface area (Å²) in [6, 6.07) is 9.08. The van der Waals surface area contributed by atoms with Gasteiger partial charge in [-0.25, -0.2) is 0 Å². The molecule has 1 unspecified atom stereocenters. The molecule has 1 fully saturated rings. The second-order valence-corrected chi connectivity index (χ2v) is 5.91. The lowest BCUT2D eigenvalue weighted by Gasteiger charge is -2.23. The Hall–Kier alpha value is -1.32. The highest BCUT2D eigenvalue weighted by Gasteiger charge is 2.22. The molecule has 1 N–H and O–H groups in total. The minimum absolute atomic E-state index is 0.707. The average Bonchev–Trinajstić information content (AvgIpc) is 3.11. The molecule has 1 aromatic carbocycles. The molecule has 0 aliphatic carbocycles. The van der Waals surface area contributed by atoms with Crippen LogP contribution in [0.25, 0.3) is 11.0 Å². The number of likely N-dealkylation sites (N-methyl/N-ethyl adjacent to an activating group) is 1. The lowest BCUT2D eigenvalue weighted by atomic mass is 10.1. The summed E-state index contributed by atoms with van der Waals surface area (Å²) in [5, 5.41) is 4.92. The van der Waals surface area contributed by atoms with E-state index in [4.69, 9.17) is 4.42 Å². The zero-order valence-electron chi connectivity index (χ0n) is 13.2. The third-order valence-corrected chi connectivity index (χ3v) is 4.69. The van der Waals surface area contributed by atoms with Gasteiger partial charge in [0.25, 0.3) is 0 Å². The fourth-order valence-corrected chi connectivity index (χ4v) is 3.54. The van der Waals surface area contributed by atoms with Crippen molar-refractivity contribution in [3.8, 4) is 0 Å². The number of aryl methyl sites for hydroxylation is 1. The molecule has 0 saturated carbocycles. The number of rotatable bonds is 6. The Morgan fingerprint density at radius 1 is 1.29 bits per heavy atom. The van der Waals surface area contributed by atoms with Crippen molar-refractivity contribution in [3.63, 3.8) is 0 Å². The molecular weight excluding hydrogens is 260 g/mol. The first-order valence-corrected chi connectivity index (χ1v) is 8.27. The maximum absolute atomic E-state index is 5.96. The molecule has 0 spiro atoms. The van der Waals surface area contributed by atoms with Crippen LogP contribution in [-0.4, -0.2) is 30.6 Å². The molecule has 1 aliphatic rings. The van der Waals surface area contributed by atoms with Crippen LogP contribution >= 0.6 is 0 Å². The summed E-state index contributed by atoms with van der Waals surface area (Å²) in [5.74, 6) is 1.13. The second-order valence-electron chi connectivity index (χ2n) is 5.91. The Morgan fingerprint density at radius 3 is 2.95 bits per heavy atom. The van der Waals surface area contributed by atoms with Gasteiger partial charge in [0.05, 0.1) is 0 Å². The van der Waals surface area contributed by atoms with Gasteiger partial charge in [-0.1, -0.05) is 32.0 Å². The summed E-state index contributed by atoms with van der Waals surface area (Å²) in [6.45, 7) is 8.84. The largest absolute Gasteiger partial charge is 0.461 e. The predicted octanol–water partition coefficient (Wildman–Crippen LogP) is 3.57. The van der Waals surface area contributed by atoms with Crippen LogP contribution in [0.15, 0.2) is 28.7 Å². The molecule has 1 aromatic heterocycles. The van der Waals surface area contributed by atoms with E-state index in [0.29, 0.717) is 6.04 Å². The van der Waals surface area contributed by atoms with Gasteiger partial charge in [-0.15, -0.1) is 0 Å². The third kappa shape index (κ3) is 2.99. The molecule has 2 aromatic rings. The van der Waals surface area contributed by atoms with Gasteiger partial charge in [0.2, 0.25) is 0 Å². The topological polar surface area (TPSA) is 28.4 Å². The van der Waals surface area contributed by atoms with Crippen LogP contribution in [0, 0.1) is 0 Å². The highest BCUT2D eigenvalue weighted by molar-refractivity contribution is 5.82. The standard InChI is InChI=1S/C18H26N2O/c1-3-17-16(15-9-5-6-10-18(15)21-17)13-19-12-14-8-7-11-20(14)4-2/h5-6,9-10,14,19H,3-4,7-8,11-13H2,1-2H3. The normalized spacial score (nSPS) is 19.6. The smallest absolute Gasteiger partial charge is 0.134 e. The Morgan fingerprint density at radius 2 is 2.14 bits per heavy atom. The SMILES string of the molecule is CCc1oc2ccccc2c1CNCC1CCCN1CC. The monoisotopic (exact) mass is 286 g/mol. The van der Waals surface area contributed by atoms with Crippen LogP contribution in [0.3, 0.4) is 0 Å². The lowest BCUT2D eigenvalue weighted by Crippen LogP contribution is -2.37. The minimum atomic E-state index is 0.707. The number of nitrogens with zero attached hydrogens (tertiary/aromatic N) is 1. The van der Waals surface area contributed by atoms with Crippen LogP contribution in [0.2, 0.25) is 0 Å². The average molecular weight is 286 g/mol. The number of fused-ring (bicyclic) bond motifs is 1. The number of para-hydroxylation sites is 1. The van der Waals surface area contributed by atoms with Crippen LogP contribution in [0.4, 0.5) is 0 Å². The molecule has 3 rings (SSSR count). The summed E-state index contributed by atoms with van der Waals surface area (Å²) >= 11 is 0. The summed E-state index contributed by atoms with van der Waals surface area (Å²) in [6.07, 6.45) is 3.62. The second kappa shape index (κ2) is 6.63.